The van der Waals surface area contributed by atoms with Crippen LogP contribution in [-0.2, 0) is 12.8 Å². The van der Waals surface area contributed by atoms with Crippen LogP contribution < -0.4 is 11.1 Å². The second-order valence-electron chi connectivity index (χ2n) is 6.27. The maximum Gasteiger partial charge on any atom is 0.136 e. The number of hydrogen-bond donors (Lipinski definition) is 2. The molecule has 2 aliphatic carbocycles. The van der Waals surface area contributed by atoms with Gasteiger partial charge in [-0.05, 0) is 62.0 Å². The van der Waals surface area contributed by atoms with Crippen molar-refractivity contribution in [2.75, 3.05) is 11.9 Å². The highest BCUT2D eigenvalue weighted by atomic mass is 32.1. The number of pyridine rings is 1. The monoisotopic (exact) mass is 289 g/mol. The molecule has 0 aliphatic heterocycles. The highest BCUT2D eigenvalue weighted by Gasteiger charge is 2.40. The number of nitrogens with two attached hydrogens (primary N) is 1. The Morgan fingerprint density at radius 3 is 2.80 bits per heavy atom. The van der Waals surface area contributed by atoms with Crippen LogP contribution in [0.15, 0.2) is 6.07 Å². The summed E-state index contributed by atoms with van der Waals surface area (Å²) in [5, 5.41) is 3.52. The van der Waals surface area contributed by atoms with Crippen molar-refractivity contribution in [2.45, 2.75) is 51.9 Å². The second kappa shape index (κ2) is 5.32. The van der Waals surface area contributed by atoms with Gasteiger partial charge in [-0.25, -0.2) is 4.98 Å². The predicted octanol–water partition coefficient (Wildman–Crippen LogP) is 3.20. The molecule has 0 atom stereocenters. The van der Waals surface area contributed by atoms with Crippen LogP contribution in [0.25, 0.3) is 0 Å². The van der Waals surface area contributed by atoms with Crippen molar-refractivity contribution in [3.8, 4) is 0 Å². The van der Waals surface area contributed by atoms with E-state index in [1.165, 1.54) is 43.4 Å². The van der Waals surface area contributed by atoms with E-state index in [1.54, 1.807) is 0 Å². The standard InChI is InChI=1S/C16H23N3S/c1-2-16(7-8-16)10-18-15-12(14(17)20)9-11-5-3-4-6-13(11)19-15/h9H,2-8,10H2,1H3,(H2,17,20)(H,18,19). The largest absolute Gasteiger partial charge is 0.389 e. The Labute approximate surface area is 126 Å². The smallest absolute Gasteiger partial charge is 0.136 e. The summed E-state index contributed by atoms with van der Waals surface area (Å²) in [5.74, 6) is 0.901. The fraction of sp³-hybridized carbons (Fsp3) is 0.625. The number of nitrogens with zero attached hydrogens (tertiary/aromatic N) is 1. The molecule has 3 rings (SSSR count). The lowest BCUT2D eigenvalue weighted by atomic mass is 9.94. The molecule has 0 saturated heterocycles. The van der Waals surface area contributed by atoms with Gasteiger partial charge >= 0.3 is 0 Å². The zero-order valence-corrected chi connectivity index (χ0v) is 13.0. The molecule has 1 heterocycles. The summed E-state index contributed by atoms with van der Waals surface area (Å²) in [7, 11) is 0. The zero-order chi connectivity index (χ0) is 14.2. The Hall–Kier alpha value is -1.16. The van der Waals surface area contributed by atoms with Crippen molar-refractivity contribution in [2.24, 2.45) is 11.1 Å². The molecule has 0 radical (unpaired) electrons. The molecular formula is C16H23N3S. The van der Waals surface area contributed by atoms with Gasteiger partial charge in [0.15, 0.2) is 0 Å². The van der Waals surface area contributed by atoms with Crippen molar-refractivity contribution in [3.05, 3.63) is 22.9 Å². The summed E-state index contributed by atoms with van der Waals surface area (Å²) >= 11 is 5.20. The summed E-state index contributed by atoms with van der Waals surface area (Å²) in [6.45, 7) is 3.26. The lowest BCUT2D eigenvalue weighted by molar-refractivity contribution is 0.520. The summed E-state index contributed by atoms with van der Waals surface area (Å²) in [6, 6.07) is 2.16. The first-order valence-electron chi connectivity index (χ1n) is 7.70. The van der Waals surface area contributed by atoms with Crippen LogP contribution in [0.2, 0.25) is 0 Å². The molecule has 3 nitrogen and oxygen atoms in total. The van der Waals surface area contributed by atoms with Gasteiger partial charge in [0.05, 0.1) is 5.56 Å². The fourth-order valence-electron chi connectivity index (χ4n) is 3.06. The number of nitrogens with one attached hydrogen (secondary N) is 1. The molecule has 1 fully saturated rings. The Morgan fingerprint density at radius 2 is 2.15 bits per heavy atom. The first-order valence-corrected chi connectivity index (χ1v) is 8.11. The van der Waals surface area contributed by atoms with Crippen LogP contribution in [0.4, 0.5) is 5.82 Å². The van der Waals surface area contributed by atoms with Crippen LogP contribution in [0, 0.1) is 5.41 Å². The van der Waals surface area contributed by atoms with Gasteiger partial charge in [-0.2, -0.15) is 0 Å². The fourth-order valence-corrected chi connectivity index (χ4v) is 3.22. The maximum atomic E-state index is 5.89. The Kier molecular flexibility index (Phi) is 3.67. The minimum Gasteiger partial charge on any atom is -0.389 e. The number of anilines is 1. The minimum atomic E-state index is 0.453. The van der Waals surface area contributed by atoms with Gasteiger partial charge in [-0.1, -0.05) is 19.1 Å². The minimum absolute atomic E-state index is 0.453. The van der Waals surface area contributed by atoms with Crippen LogP contribution in [0.3, 0.4) is 0 Å². The predicted molar refractivity (Wildman–Crippen MR) is 87.2 cm³/mol. The second-order valence-corrected chi connectivity index (χ2v) is 6.71. The SMILES string of the molecule is CCC1(CNc2nc3c(cc2C(N)=S)CCCC3)CC1. The van der Waals surface area contributed by atoms with Crippen LogP contribution in [0.5, 0.6) is 0 Å². The third-order valence-electron chi connectivity index (χ3n) is 4.90. The molecule has 3 N–H and O–H groups in total. The van der Waals surface area contributed by atoms with Crippen LogP contribution in [-0.4, -0.2) is 16.5 Å². The molecule has 1 saturated carbocycles. The quantitative estimate of drug-likeness (QED) is 0.817. The van der Waals surface area contributed by atoms with E-state index in [2.05, 4.69) is 18.3 Å². The lowest BCUT2D eigenvalue weighted by Gasteiger charge is -2.21. The molecule has 0 bridgehead atoms. The third-order valence-corrected chi connectivity index (χ3v) is 5.12. The highest BCUT2D eigenvalue weighted by Crippen LogP contribution is 2.48. The number of rotatable bonds is 5. The number of aryl methyl sites for hydroxylation is 2. The van der Waals surface area contributed by atoms with Crippen molar-refractivity contribution < 1.29 is 0 Å². The summed E-state index contributed by atoms with van der Waals surface area (Å²) < 4.78 is 0. The van der Waals surface area contributed by atoms with Crippen molar-refractivity contribution in [1.82, 2.24) is 4.98 Å². The van der Waals surface area contributed by atoms with Gasteiger partial charge in [0.2, 0.25) is 0 Å². The Balaban J connectivity index is 1.85. The lowest BCUT2D eigenvalue weighted by Crippen LogP contribution is -2.21. The molecule has 108 valence electrons. The highest BCUT2D eigenvalue weighted by molar-refractivity contribution is 7.80. The molecule has 2 aliphatic rings. The molecule has 0 amide bonds. The van der Waals surface area contributed by atoms with E-state index >= 15 is 0 Å². The van der Waals surface area contributed by atoms with Crippen LogP contribution >= 0.6 is 12.2 Å². The average molecular weight is 289 g/mol. The molecular weight excluding hydrogens is 266 g/mol. The van der Waals surface area contributed by atoms with E-state index in [0.29, 0.717) is 10.4 Å². The van der Waals surface area contributed by atoms with Gasteiger partial charge in [0.1, 0.15) is 10.8 Å². The maximum absolute atomic E-state index is 5.89. The van der Waals surface area contributed by atoms with E-state index < -0.39 is 0 Å². The number of thiocarbonyl (C=S) groups is 1. The average Bonchev–Trinajstić information content (AvgIpc) is 3.24. The Morgan fingerprint density at radius 1 is 1.40 bits per heavy atom. The number of hydrogen-bond acceptors (Lipinski definition) is 3. The van der Waals surface area contributed by atoms with Gasteiger partial charge in [0.25, 0.3) is 0 Å². The molecule has 4 heteroatoms. The van der Waals surface area contributed by atoms with E-state index in [-0.39, 0.29) is 0 Å². The molecule has 1 aromatic rings. The van der Waals surface area contributed by atoms with Crippen molar-refractivity contribution >= 4 is 23.0 Å². The van der Waals surface area contributed by atoms with Crippen molar-refractivity contribution in [3.63, 3.8) is 0 Å². The van der Waals surface area contributed by atoms with E-state index in [9.17, 15) is 0 Å². The summed E-state index contributed by atoms with van der Waals surface area (Å²) in [6.07, 6.45) is 8.56. The zero-order valence-electron chi connectivity index (χ0n) is 12.2. The van der Waals surface area contributed by atoms with E-state index in [4.69, 9.17) is 22.9 Å². The molecule has 0 spiro atoms. The number of aromatic nitrogens is 1. The first kappa shape index (κ1) is 13.8. The molecule has 0 unspecified atom stereocenters. The summed E-state index contributed by atoms with van der Waals surface area (Å²) in [5.41, 5.74) is 9.87. The molecule has 20 heavy (non-hydrogen) atoms. The molecule has 1 aromatic heterocycles. The normalized spacial score (nSPS) is 19.2. The first-order chi connectivity index (χ1) is 9.63. The number of fused-ring (bicyclic) bond motifs is 1. The van der Waals surface area contributed by atoms with Crippen molar-refractivity contribution in [1.29, 1.82) is 0 Å². The van der Waals surface area contributed by atoms with Gasteiger partial charge in [-0.3, -0.25) is 0 Å². The van der Waals surface area contributed by atoms with Gasteiger partial charge in [0, 0.05) is 12.2 Å². The van der Waals surface area contributed by atoms with E-state index in [1.807, 2.05) is 0 Å². The van der Waals surface area contributed by atoms with Gasteiger partial charge < -0.3 is 11.1 Å². The van der Waals surface area contributed by atoms with E-state index in [0.717, 1.165) is 30.8 Å². The summed E-state index contributed by atoms with van der Waals surface area (Å²) in [4.78, 5) is 5.27. The van der Waals surface area contributed by atoms with Gasteiger partial charge in [-0.15, -0.1) is 0 Å². The topological polar surface area (TPSA) is 50.9 Å². The van der Waals surface area contributed by atoms with Crippen LogP contribution in [0.1, 0.15) is 55.8 Å². The Bertz CT molecular complexity index is 535. The third kappa shape index (κ3) is 2.66. The molecule has 0 aromatic carbocycles.